The summed E-state index contributed by atoms with van der Waals surface area (Å²) in [6, 6.07) is 0. The maximum atomic E-state index is 12.0. The van der Waals surface area contributed by atoms with Crippen LogP contribution >= 0.6 is 0 Å². The molecule has 1 atom stereocenters. The molecule has 0 aliphatic rings. The molecule has 0 aliphatic heterocycles. The molecule has 0 amide bonds. The predicted molar refractivity (Wildman–Crippen MR) is 211 cm³/mol. The lowest BCUT2D eigenvalue weighted by molar-refractivity contribution is -0.152. The van der Waals surface area contributed by atoms with Crippen molar-refractivity contribution in [3.8, 4) is 0 Å². The van der Waals surface area contributed by atoms with Gasteiger partial charge in [0.1, 0.15) is 19.3 Å². The van der Waals surface area contributed by atoms with E-state index in [0.717, 1.165) is 76.5 Å². The van der Waals surface area contributed by atoms with Crippen LogP contribution in [0.25, 0.3) is 0 Å². The van der Waals surface area contributed by atoms with E-state index in [9.17, 15) is 14.7 Å². The summed E-state index contributed by atoms with van der Waals surface area (Å²) in [5.41, 5.74) is 0. The Labute approximate surface area is 308 Å². The minimum atomic E-state index is -0.992. The second-order valence-electron chi connectivity index (χ2n) is 14.3. The smallest absolute Gasteiger partial charge is 0.305 e. The standard InChI is InChI=1S/C44H78O6/c1-41(2)35-31-27-23-19-15-11-7-6-9-13-17-21-25-29-33-37-44(48)50-40-42(46)39-49-43(47)36-32-28-24-20-16-12-8-4-3-5-10-14-18-22-26-30-34-38-45/h3,5,8,12,14,18,20,24,41-42,45-46H,4,6-7,9-11,13,15-17,19,21-23,25-40H2,1-2H3/b5-3-,12-8-,18-14-,24-20-/t42-/m0/s1. The predicted octanol–water partition coefficient (Wildman–Crippen LogP) is 11.8. The average Bonchev–Trinajstić information content (AvgIpc) is 3.10. The van der Waals surface area contributed by atoms with Crippen molar-refractivity contribution in [1.82, 2.24) is 0 Å². The van der Waals surface area contributed by atoms with Gasteiger partial charge >= 0.3 is 11.9 Å². The van der Waals surface area contributed by atoms with Crippen LogP contribution < -0.4 is 0 Å². The van der Waals surface area contributed by atoms with Gasteiger partial charge in [0.05, 0.1) is 0 Å². The van der Waals surface area contributed by atoms with Crippen molar-refractivity contribution in [3.63, 3.8) is 0 Å². The molecule has 2 N–H and O–H groups in total. The van der Waals surface area contributed by atoms with Gasteiger partial charge in [0.25, 0.3) is 0 Å². The molecule has 0 unspecified atom stereocenters. The van der Waals surface area contributed by atoms with E-state index < -0.39 is 6.10 Å². The number of esters is 2. The van der Waals surface area contributed by atoms with Crippen LogP contribution in [-0.4, -0.2) is 48.1 Å². The first-order valence-corrected chi connectivity index (χ1v) is 20.7. The molecule has 0 saturated heterocycles. The second-order valence-corrected chi connectivity index (χ2v) is 14.3. The fourth-order valence-electron chi connectivity index (χ4n) is 5.65. The molecule has 0 aromatic rings. The van der Waals surface area contributed by atoms with E-state index in [0.29, 0.717) is 25.9 Å². The summed E-state index contributed by atoms with van der Waals surface area (Å²) in [7, 11) is 0. The van der Waals surface area contributed by atoms with Gasteiger partial charge in [-0.15, -0.1) is 0 Å². The van der Waals surface area contributed by atoms with Crippen LogP contribution in [0.15, 0.2) is 48.6 Å². The van der Waals surface area contributed by atoms with E-state index in [1.54, 1.807) is 0 Å². The van der Waals surface area contributed by atoms with E-state index in [4.69, 9.17) is 14.6 Å². The molecule has 0 radical (unpaired) electrons. The number of rotatable bonds is 37. The molecule has 50 heavy (non-hydrogen) atoms. The van der Waals surface area contributed by atoms with Gasteiger partial charge in [0, 0.05) is 19.4 Å². The molecule has 0 saturated carbocycles. The fraction of sp³-hybridized carbons (Fsp3) is 0.773. The Morgan fingerprint density at radius 2 is 0.840 bits per heavy atom. The number of aliphatic hydroxyl groups is 2. The quantitative estimate of drug-likeness (QED) is 0.0380. The van der Waals surface area contributed by atoms with Gasteiger partial charge in [0.15, 0.2) is 0 Å². The Hall–Kier alpha value is -2.18. The summed E-state index contributed by atoms with van der Waals surface area (Å²) in [4.78, 5) is 23.9. The van der Waals surface area contributed by atoms with Crippen LogP contribution in [0.2, 0.25) is 0 Å². The molecule has 0 aromatic carbocycles. The SMILES string of the molecule is CC(C)CCCCCCCCCCCCCCCCCC(=O)OC[C@@H](O)COC(=O)CCC/C=C\C/C=C\C/C=C\C/C=C\CCCCCO. The third kappa shape index (κ3) is 40.3. The number of allylic oxidation sites excluding steroid dienone is 8. The molecule has 0 heterocycles. The Morgan fingerprint density at radius 3 is 1.28 bits per heavy atom. The van der Waals surface area contributed by atoms with Crippen molar-refractivity contribution in [2.75, 3.05) is 19.8 Å². The highest BCUT2D eigenvalue weighted by Gasteiger charge is 2.12. The number of carbonyl (C=O) groups excluding carboxylic acids is 2. The lowest BCUT2D eigenvalue weighted by Crippen LogP contribution is -2.25. The summed E-state index contributed by atoms with van der Waals surface area (Å²) in [6.07, 6.45) is 46.1. The van der Waals surface area contributed by atoms with Crippen molar-refractivity contribution >= 4 is 11.9 Å². The van der Waals surface area contributed by atoms with E-state index >= 15 is 0 Å². The van der Waals surface area contributed by atoms with Gasteiger partial charge < -0.3 is 19.7 Å². The molecule has 290 valence electrons. The number of unbranched alkanes of at least 4 members (excludes halogenated alkanes) is 18. The summed E-state index contributed by atoms with van der Waals surface area (Å²) in [5.74, 6) is 0.211. The first-order valence-electron chi connectivity index (χ1n) is 20.7. The number of carbonyl (C=O) groups is 2. The zero-order chi connectivity index (χ0) is 36.6. The lowest BCUT2D eigenvalue weighted by Gasteiger charge is -2.12. The third-order valence-corrected chi connectivity index (χ3v) is 8.80. The molecule has 0 spiro atoms. The van der Waals surface area contributed by atoms with Crippen molar-refractivity contribution in [2.24, 2.45) is 5.92 Å². The summed E-state index contributed by atoms with van der Waals surface area (Å²) in [5, 5.41) is 18.8. The topological polar surface area (TPSA) is 93.1 Å². The Morgan fingerprint density at radius 1 is 0.480 bits per heavy atom. The number of ether oxygens (including phenoxy) is 2. The van der Waals surface area contributed by atoms with Gasteiger partial charge in [0.2, 0.25) is 0 Å². The van der Waals surface area contributed by atoms with E-state index in [1.165, 1.54) is 83.5 Å². The maximum Gasteiger partial charge on any atom is 0.305 e. The number of hydrogen-bond donors (Lipinski definition) is 2. The highest BCUT2D eigenvalue weighted by Crippen LogP contribution is 2.15. The lowest BCUT2D eigenvalue weighted by atomic mass is 10.0. The Balaban J connectivity index is 3.51. The van der Waals surface area contributed by atoms with E-state index in [-0.39, 0.29) is 25.2 Å². The molecule has 6 heteroatoms. The normalized spacial score (nSPS) is 12.7. The Bertz CT molecular complexity index is 859. The van der Waals surface area contributed by atoms with E-state index in [2.05, 4.69) is 62.5 Å². The van der Waals surface area contributed by atoms with Crippen LogP contribution in [0.4, 0.5) is 0 Å². The van der Waals surface area contributed by atoms with Crippen molar-refractivity contribution < 1.29 is 29.3 Å². The molecule has 0 bridgehead atoms. The maximum absolute atomic E-state index is 12.0. The third-order valence-electron chi connectivity index (χ3n) is 8.80. The second kappa shape index (κ2) is 39.6. The minimum absolute atomic E-state index is 0.139. The van der Waals surface area contributed by atoms with Crippen LogP contribution in [-0.2, 0) is 19.1 Å². The first-order chi connectivity index (χ1) is 24.5. The minimum Gasteiger partial charge on any atom is -0.463 e. The van der Waals surface area contributed by atoms with Crippen LogP contribution in [0.1, 0.15) is 187 Å². The summed E-state index contributed by atoms with van der Waals surface area (Å²) < 4.78 is 10.3. The first kappa shape index (κ1) is 47.8. The Kier molecular flexibility index (Phi) is 37.9. The van der Waals surface area contributed by atoms with Gasteiger partial charge in [-0.3, -0.25) is 9.59 Å². The van der Waals surface area contributed by atoms with Gasteiger partial charge in [-0.2, -0.15) is 0 Å². The molecular weight excluding hydrogens is 624 g/mol. The van der Waals surface area contributed by atoms with Crippen molar-refractivity contribution in [3.05, 3.63) is 48.6 Å². The molecule has 0 aliphatic carbocycles. The number of hydrogen-bond acceptors (Lipinski definition) is 6. The van der Waals surface area contributed by atoms with Gasteiger partial charge in [-0.25, -0.2) is 0 Å². The molecule has 0 aromatic heterocycles. The van der Waals surface area contributed by atoms with Gasteiger partial charge in [-0.05, 0) is 63.7 Å². The molecule has 6 nitrogen and oxygen atoms in total. The zero-order valence-corrected chi connectivity index (χ0v) is 32.5. The van der Waals surface area contributed by atoms with Crippen LogP contribution in [0.3, 0.4) is 0 Å². The highest BCUT2D eigenvalue weighted by atomic mass is 16.6. The fourth-order valence-corrected chi connectivity index (χ4v) is 5.65. The molecule has 0 rings (SSSR count). The summed E-state index contributed by atoms with van der Waals surface area (Å²) >= 11 is 0. The van der Waals surface area contributed by atoms with Crippen LogP contribution in [0, 0.1) is 5.92 Å². The highest BCUT2D eigenvalue weighted by molar-refractivity contribution is 5.69. The average molecular weight is 703 g/mol. The summed E-state index contributed by atoms with van der Waals surface area (Å²) in [6.45, 7) is 4.63. The van der Waals surface area contributed by atoms with E-state index in [1.807, 2.05) is 0 Å². The molecule has 0 fully saturated rings. The van der Waals surface area contributed by atoms with Crippen LogP contribution in [0.5, 0.6) is 0 Å². The zero-order valence-electron chi connectivity index (χ0n) is 32.5. The molecular formula is C44H78O6. The van der Waals surface area contributed by atoms with Gasteiger partial charge in [-0.1, -0.05) is 165 Å². The van der Waals surface area contributed by atoms with Crippen molar-refractivity contribution in [1.29, 1.82) is 0 Å². The monoisotopic (exact) mass is 703 g/mol. The number of aliphatic hydroxyl groups excluding tert-OH is 2. The largest absolute Gasteiger partial charge is 0.463 e. The van der Waals surface area contributed by atoms with Crippen molar-refractivity contribution in [2.45, 2.75) is 193 Å².